The largest absolute Gasteiger partial charge is 0.506 e. The van der Waals surface area contributed by atoms with E-state index in [-0.39, 0.29) is 24.0 Å². The van der Waals surface area contributed by atoms with Crippen molar-refractivity contribution in [2.45, 2.75) is 12.8 Å². The Morgan fingerprint density at radius 2 is 1.92 bits per heavy atom. The molecule has 2 heterocycles. The molecular weight excluding hydrogens is 441 g/mol. The molecule has 3 rings (SSSR count). The number of rotatable bonds is 3. The van der Waals surface area contributed by atoms with Crippen LogP contribution in [-0.4, -0.2) is 80.8 Å². The molecule has 0 aliphatic carbocycles. The summed E-state index contributed by atoms with van der Waals surface area (Å²) in [6, 6.07) is 7.58. The lowest BCUT2D eigenvalue weighted by molar-refractivity contribution is 0.209. The molecule has 1 atom stereocenters. The zero-order valence-corrected chi connectivity index (χ0v) is 18.2. The second-order valence-corrected chi connectivity index (χ2v) is 7.16. The van der Waals surface area contributed by atoms with Crippen molar-refractivity contribution in [3.8, 4) is 5.75 Å². The molecule has 2 aliphatic rings. The number of aliphatic imine (C=N–C) groups is 1. The molecule has 2 fully saturated rings. The summed E-state index contributed by atoms with van der Waals surface area (Å²) in [7, 11) is 4.07. The highest BCUT2D eigenvalue weighted by Gasteiger charge is 2.22. The molecule has 0 amide bonds. The monoisotopic (exact) mass is 473 g/mol. The average Bonchev–Trinajstić information content (AvgIpc) is 2.63. The summed E-state index contributed by atoms with van der Waals surface area (Å²) in [5, 5.41) is 13.6. The number of likely N-dealkylation sites (tertiary alicyclic amines) is 1. The van der Waals surface area contributed by atoms with Crippen molar-refractivity contribution in [3.63, 3.8) is 0 Å². The molecule has 2 N–H and O–H groups in total. The predicted molar refractivity (Wildman–Crippen MR) is 119 cm³/mol. The minimum atomic E-state index is 0. The molecule has 7 heteroatoms. The van der Waals surface area contributed by atoms with Gasteiger partial charge in [-0.3, -0.25) is 4.99 Å². The standard InChI is InChI=1S/C19H31N5O.HI/c1-20-19(21-14-16-6-5-9-22(2)15-16)24-12-10-23(11-13-24)17-7-3-4-8-18(17)25;/h3-4,7-8,16,25H,5-6,9-15H2,1-2H3,(H,20,21);1H. The van der Waals surface area contributed by atoms with E-state index in [1.807, 2.05) is 25.2 Å². The molecular formula is C19H32IN5O. The first-order valence-corrected chi connectivity index (χ1v) is 9.34. The number of piperazine rings is 1. The Labute approximate surface area is 174 Å². The minimum Gasteiger partial charge on any atom is -0.506 e. The van der Waals surface area contributed by atoms with Crippen LogP contribution in [0.2, 0.25) is 0 Å². The van der Waals surface area contributed by atoms with Crippen LogP contribution in [0.15, 0.2) is 29.3 Å². The zero-order chi connectivity index (χ0) is 17.6. The van der Waals surface area contributed by atoms with Gasteiger partial charge >= 0.3 is 0 Å². The Morgan fingerprint density at radius 1 is 1.19 bits per heavy atom. The highest BCUT2D eigenvalue weighted by Crippen LogP contribution is 2.27. The summed E-state index contributed by atoms with van der Waals surface area (Å²) in [5.41, 5.74) is 0.926. The maximum atomic E-state index is 10.0. The summed E-state index contributed by atoms with van der Waals surface area (Å²) >= 11 is 0. The number of nitrogens with zero attached hydrogens (tertiary/aromatic N) is 4. The molecule has 0 radical (unpaired) electrons. The van der Waals surface area contributed by atoms with Crippen molar-refractivity contribution >= 4 is 35.6 Å². The number of halogens is 1. The van der Waals surface area contributed by atoms with E-state index < -0.39 is 0 Å². The van der Waals surface area contributed by atoms with Crippen LogP contribution in [0.1, 0.15) is 12.8 Å². The lowest BCUT2D eigenvalue weighted by Crippen LogP contribution is -2.53. The fourth-order valence-electron chi connectivity index (χ4n) is 3.90. The third-order valence-electron chi connectivity index (χ3n) is 5.28. The van der Waals surface area contributed by atoms with Crippen LogP contribution < -0.4 is 10.2 Å². The van der Waals surface area contributed by atoms with Gasteiger partial charge in [-0.25, -0.2) is 0 Å². The van der Waals surface area contributed by atoms with Gasteiger partial charge in [-0.1, -0.05) is 12.1 Å². The van der Waals surface area contributed by atoms with Crippen LogP contribution in [0.4, 0.5) is 5.69 Å². The second-order valence-electron chi connectivity index (χ2n) is 7.16. The van der Waals surface area contributed by atoms with E-state index in [4.69, 9.17) is 0 Å². The molecule has 26 heavy (non-hydrogen) atoms. The summed E-state index contributed by atoms with van der Waals surface area (Å²) in [6.45, 7) is 7.01. The Morgan fingerprint density at radius 3 is 2.58 bits per heavy atom. The summed E-state index contributed by atoms with van der Waals surface area (Å²) in [4.78, 5) is 11.5. The molecule has 0 spiro atoms. The maximum Gasteiger partial charge on any atom is 0.193 e. The Bertz CT molecular complexity index is 589. The molecule has 1 aromatic rings. The molecule has 2 saturated heterocycles. The van der Waals surface area contributed by atoms with Crippen molar-refractivity contribution in [1.82, 2.24) is 15.1 Å². The molecule has 1 unspecified atom stereocenters. The zero-order valence-electron chi connectivity index (χ0n) is 15.9. The molecule has 146 valence electrons. The molecule has 1 aromatic carbocycles. The highest BCUT2D eigenvalue weighted by molar-refractivity contribution is 14.0. The molecule has 0 bridgehead atoms. The van der Waals surface area contributed by atoms with Gasteiger partial charge in [0.2, 0.25) is 0 Å². The predicted octanol–water partition coefficient (Wildman–Crippen LogP) is 2.05. The number of nitrogens with one attached hydrogen (secondary N) is 1. The highest BCUT2D eigenvalue weighted by atomic mass is 127. The number of hydrogen-bond acceptors (Lipinski definition) is 4. The fraction of sp³-hybridized carbons (Fsp3) is 0.632. The average molecular weight is 473 g/mol. The first-order chi connectivity index (χ1) is 12.2. The summed E-state index contributed by atoms with van der Waals surface area (Å²) < 4.78 is 0. The summed E-state index contributed by atoms with van der Waals surface area (Å²) in [6.07, 6.45) is 2.59. The molecule has 2 aliphatic heterocycles. The number of anilines is 1. The number of guanidine groups is 1. The van der Waals surface area contributed by atoms with Gasteiger partial charge < -0.3 is 25.1 Å². The van der Waals surface area contributed by atoms with Crippen LogP contribution >= 0.6 is 24.0 Å². The van der Waals surface area contributed by atoms with Crippen LogP contribution in [0.3, 0.4) is 0 Å². The fourth-order valence-corrected chi connectivity index (χ4v) is 3.90. The topological polar surface area (TPSA) is 54.3 Å². The third kappa shape index (κ3) is 5.39. The van der Waals surface area contributed by atoms with E-state index in [0.717, 1.165) is 44.4 Å². The van der Waals surface area contributed by atoms with Gasteiger partial charge in [0.05, 0.1) is 5.69 Å². The van der Waals surface area contributed by atoms with E-state index in [1.165, 1.54) is 25.9 Å². The van der Waals surface area contributed by atoms with Gasteiger partial charge in [-0.05, 0) is 44.5 Å². The van der Waals surface area contributed by atoms with Crippen molar-refractivity contribution in [2.24, 2.45) is 10.9 Å². The normalized spacial score (nSPS) is 22.1. The first kappa shape index (κ1) is 21.1. The van der Waals surface area contributed by atoms with E-state index in [1.54, 1.807) is 6.07 Å². The first-order valence-electron chi connectivity index (χ1n) is 9.34. The van der Waals surface area contributed by atoms with Gasteiger partial charge in [-0.2, -0.15) is 0 Å². The van der Waals surface area contributed by atoms with Gasteiger partial charge in [0.25, 0.3) is 0 Å². The van der Waals surface area contributed by atoms with Gasteiger partial charge in [0.15, 0.2) is 5.96 Å². The summed E-state index contributed by atoms with van der Waals surface area (Å²) in [5.74, 6) is 2.07. The van der Waals surface area contributed by atoms with Crippen molar-refractivity contribution in [3.05, 3.63) is 24.3 Å². The number of aromatic hydroxyl groups is 1. The number of piperidine rings is 1. The van der Waals surface area contributed by atoms with E-state index in [0.29, 0.717) is 11.7 Å². The van der Waals surface area contributed by atoms with Crippen molar-refractivity contribution in [1.29, 1.82) is 0 Å². The molecule has 0 saturated carbocycles. The number of benzene rings is 1. The van der Waals surface area contributed by atoms with E-state index >= 15 is 0 Å². The van der Waals surface area contributed by atoms with Crippen LogP contribution in [-0.2, 0) is 0 Å². The Hall–Kier alpha value is -1.22. The number of phenolic OH excluding ortho intramolecular Hbond substituents is 1. The van der Waals surface area contributed by atoms with E-state index in [9.17, 15) is 5.11 Å². The SMILES string of the molecule is CN=C(NCC1CCCN(C)C1)N1CCN(c2ccccc2O)CC1.I. The van der Waals surface area contributed by atoms with Crippen LogP contribution in [0.5, 0.6) is 5.75 Å². The lowest BCUT2D eigenvalue weighted by atomic mass is 9.98. The van der Waals surface area contributed by atoms with Crippen molar-refractivity contribution < 1.29 is 5.11 Å². The third-order valence-corrected chi connectivity index (χ3v) is 5.28. The van der Waals surface area contributed by atoms with Gasteiger partial charge in [0, 0.05) is 46.3 Å². The number of para-hydroxylation sites is 2. The quantitative estimate of drug-likeness (QED) is 0.400. The number of hydrogen-bond donors (Lipinski definition) is 2. The molecule has 0 aromatic heterocycles. The number of phenols is 1. The minimum absolute atomic E-state index is 0. The Kier molecular flexibility index (Phi) is 8.27. The van der Waals surface area contributed by atoms with E-state index in [2.05, 4.69) is 32.1 Å². The maximum absolute atomic E-state index is 10.0. The van der Waals surface area contributed by atoms with Crippen LogP contribution in [0, 0.1) is 5.92 Å². The van der Waals surface area contributed by atoms with Crippen molar-refractivity contribution in [2.75, 3.05) is 64.8 Å². The smallest absolute Gasteiger partial charge is 0.193 e. The Balaban J connectivity index is 0.00000243. The van der Waals surface area contributed by atoms with Gasteiger partial charge in [0.1, 0.15) is 5.75 Å². The van der Waals surface area contributed by atoms with Gasteiger partial charge in [-0.15, -0.1) is 24.0 Å². The second kappa shape index (κ2) is 10.2. The van der Waals surface area contributed by atoms with Crippen LogP contribution in [0.25, 0.3) is 0 Å². The lowest BCUT2D eigenvalue weighted by Gasteiger charge is -2.38. The molecule has 6 nitrogen and oxygen atoms in total.